The fourth-order valence-corrected chi connectivity index (χ4v) is 2.11. The molecule has 1 nitrogen and oxygen atoms in total. The molecular weight excluding hydrogens is 185 g/mol. The minimum absolute atomic E-state index is 0.154. The molecule has 0 heterocycles. The summed E-state index contributed by atoms with van der Waals surface area (Å²) in [4.78, 5) is 0. The largest absolute Gasteiger partial charge is 0.237 e. The van der Waals surface area contributed by atoms with Gasteiger partial charge in [-0.2, -0.15) is 27.4 Å². The molecular formula is C6H11Cl2NSi. The molecule has 0 fully saturated rings. The first-order chi connectivity index (χ1) is 4.66. The van der Waals surface area contributed by atoms with E-state index in [0.717, 1.165) is 18.9 Å². The molecule has 0 aliphatic carbocycles. The van der Waals surface area contributed by atoms with Crippen LogP contribution in [0.25, 0.3) is 0 Å². The highest BCUT2D eigenvalue weighted by Gasteiger charge is 2.03. The van der Waals surface area contributed by atoms with Crippen LogP contribution in [0.15, 0.2) is 0 Å². The molecule has 4 heteroatoms. The standard InChI is InChI=1S/C6H11Cl2NSi/c1-6(5-9)3-2-4-10(7)8/h6,10H,2-4H2,1H3. The van der Waals surface area contributed by atoms with Crippen LogP contribution in [0, 0.1) is 17.2 Å². The van der Waals surface area contributed by atoms with Crippen LogP contribution in [-0.4, -0.2) is 7.42 Å². The normalized spacial score (nSPS) is 13.1. The number of hydrogen-bond donors (Lipinski definition) is 0. The highest BCUT2D eigenvalue weighted by molar-refractivity contribution is 7.33. The summed E-state index contributed by atoms with van der Waals surface area (Å²) in [5, 5.41) is 8.40. The Balaban J connectivity index is 3.13. The summed E-state index contributed by atoms with van der Waals surface area (Å²) in [5.74, 6) is 0.154. The Bertz CT molecular complexity index is 121. The van der Waals surface area contributed by atoms with E-state index in [2.05, 4.69) is 6.07 Å². The SMILES string of the molecule is CC(C#N)CCC[SiH](Cl)Cl. The van der Waals surface area contributed by atoms with Crippen LogP contribution in [0.4, 0.5) is 0 Å². The van der Waals surface area contributed by atoms with E-state index in [1.807, 2.05) is 6.92 Å². The molecule has 1 atom stereocenters. The van der Waals surface area contributed by atoms with Gasteiger partial charge in [0.05, 0.1) is 6.07 Å². The maximum Gasteiger partial charge on any atom is 0.237 e. The molecule has 0 radical (unpaired) electrons. The lowest BCUT2D eigenvalue weighted by Gasteiger charge is -2.00. The van der Waals surface area contributed by atoms with Crippen LogP contribution < -0.4 is 0 Å². The Morgan fingerprint density at radius 2 is 2.20 bits per heavy atom. The van der Waals surface area contributed by atoms with Crippen LogP contribution in [-0.2, 0) is 0 Å². The Hall–Kier alpha value is 0.287. The lowest BCUT2D eigenvalue weighted by Crippen LogP contribution is -1.95. The van der Waals surface area contributed by atoms with Crippen molar-refractivity contribution in [3.05, 3.63) is 0 Å². The predicted octanol–water partition coefficient (Wildman–Crippen LogP) is 2.62. The molecule has 58 valence electrons. The van der Waals surface area contributed by atoms with Crippen LogP contribution in [0.2, 0.25) is 6.04 Å². The van der Waals surface area contributed by atoms with Crippen molar-refractivity contribution >= 4 is 29.6 Å². The lowest BCUT2D eigenvalue weighted by atomic mass is 10.1. The summed E-state index contributed by atoms with van der Waals surface area (Å²) in [6.07, 6.45) is 1.93. The topological polar surface area (TPSA) is 23.8 Å². The first kappa shape index (κ1) is 10.3. The van der Waals surface area contributed by atoms with Crippen molar-refractivity contribution in [2.24, 2.45) is 5.92 Å². The Morgan fingerprint density at radius 1 is 1.60 bits per heavy atom. The maximum atomic E-state index is 8.40. The second-order valence-corrected chi connectivity index (χ2v) is 7.54. The molecule has 0 aliphatic heterocycles. The van der Waals surface area contributed by atoms with E-state index < -0.39 is 7.42 Å². The second kappa shape index (κ2) is 6.03. The van der Waals surface area contributed by atoms with E-state index in [1.165, 1.54) is 0 Å². The summed E-state index contributed by atoms with van der Waals surface area (Å²) in [6, 6.07) is 3.09. The molecule has 1 unspecified atom stereocenters. The first-order valence-corrected chi connectivity index (χ1v) is 7.65. The third-order valence-electron chi connectivity index (χ3n) is 1.28. The van der Waals surface area contributed by atoms with Crippen molar-refractivity contribution in [2.45, 2.75) is 25.8 Å². The molecule has 0 aromatic carbocycles. The van der Waals surface area contributed by atoms with Crippen molar-refractivity contribution in [2.75, 3.05) is 0 Å². The first-order valence-electron chi connectivity index (χ1n) is 3.34. The van der Waals surface area contributed by atoms with E-state index in [4.69, 9.17) is 27.4 Å². The molecule has 10 heavy (non-hydrogen) atoms. The van der Waals surface area contributed by atoms with Gasteiger partial charge in [-0.25, -0.2) is 0 Å². The highest BCUT2D eigenvalue weighted by atomic mass is 35.7. The average molecular weight is 196 g/mol. The zero-order valence-electron chi connectivity index (χ0n) is 5.98. The van der Waals surface area contributed by atoms with E-state index >= 15 is 0 Å². The minimum atomic E-state index is -1.41. The van der Waals surface area contributed by atoms with Crippen LogP contribution in [0.5, 0.6) is 0 Å². The van der Waals surface area contributed by atoms with E-state index in [9.17, 15) is 0 Å². The Kier molecular flexibility index (Phi) is 6.20. The quantitative estimate of drug-likeness (QED) is 0.500. The van der Waals surface area contributed by atoms with Gasteiger partial charge in [0.15, 0.2) is 0 Å². The summed E-state index contributed by atoms with van der Waals surface area (Å²) in [7, 11) is -1.41. The van der Waals surface area contributed by atoms with Crippen molar-refractivity contribution in [1.29, 1.82) is 5.26 Å². The number of rotatable bonds is 4. The molecule has 0 rings (SSSR count). The van der Waals surface area contributed by atoms with Gasteiger partial charge in [-0.15, -0.1) is 0 Å². The fraction of sp³-hybridized carbons (Fsp3) is 0.833. The molecule has 0 saturated carbocycles. The van der Waals surface area contributed by atoms with Crippen LogP contribution in [0.1, 0.15) is 19.8 Å². The van der Waals surface area contributed by atoms with Crippen molar-refractivity contribution in [3.8, 4) is 6.07 Å². The monoisotopic (exact) mass is 195 g/mol. The second-order valence-electron chi connectivity index (χ2n) is 2.35. The number of halogens is 2. The van der Waals surface area contributed by atoms with E-state index in [1.54, 1.807) is 0 Å². The van der Waals surface area contributed by atoms with Gasteiger partial charge in [0.2, 0.25) is 7.42 Å². The molecule has 0 aromatic heterocycles. The molecule has 0 saturated heterocycles. The van der Waals surface area contributed by atoms with Crippen LogP contribution >= 0.6 is 22.2 Å². The number of hydrogen-bond acceptors (Lipinski definition) is 1. The van der Waals surface area contributed by atoms with Gasteiger partial charge in [0.1, 0.15) is 0 Å². The maximum absolute atomic E-state index is 8.40. The summed E-state index contributed by atoms with van der Waals surface area (Å²) >= 11 is 11.3. The lowest BCUT2D eigenvalue weighted by molar-refractivity contribution is 0.645. The van der Waals surface area contributed by atoms with E-state index in [-0.39, 0.29) is 5.92 Å². The molecule has 0 aliphatic rings. The summed E-state index contributed by atoms with van der Waals surface area (Å²) < 4.78 is 0. The van der Waals surface area contributed by atoms with Crippen molar-refractivity contribution < 1.29 is 0 Å². The Labute approximate surface area is 73.0 Å². The molecule has 0 amide bonds. The zero-order valence-corrected chi connectivity index (χ0v) is 8.65. The Morgan fingerprint density at radius 3 is 2.60 bits per heavy atom. The average Bonchev–Trinajstić information content (AvgIpc) is 1.87. The molecule has 0 aromatic rings. The molecule has 0 N–H and O–H groups in total. The van der Waals surface area contributed by atoms with Gasteiger partial charge in [0, 0.05) is 5.92 Å². The van der Waals surface area contributed by atoms with Gasteiger partial charge >= 0.3 is 0 Å². The van der Waals surface area contributed by atoms with Gasteiger partial charge < -0.3 is 0 Å². The number of nitriles is 1. The van der Waals surface area contributed by atoms with Gasteiger partial charge in [-0.05, 0) is 19.4 Å². The predicted molar refractivity (Wildman–Crippen MR) is 47.7 cm³/mol. The summed E-state index contributed by atoms with van der Waals surface area (Å²) in [6.45, 7) is 1.92. The van der Waals surface area contributed by atoms with E-state index in [0.29, 0.717) is 0 Å². The highest BCUT2D eigenvalue weighted by Crippen LogP contribution is 2.12. The van der Waals surface area contributed by atoms with Crippen molar-refractivity contribution in [1.82, 2.24) is 0 Å². The van der Waals surface area contributed by atoms with Gasteiger partial charge in [-0.3, -0.25) is 0 Å². The third kappa shape index (κ3) is 6.41. The smallest absolute Gasteiger partial charge is 0.198 e. The molecule has 0 spiro atoms. The third-order valence-corrected chi connectivity index (χ3v) is 3.43. The van der Waals surface area contributed by atoms with Gasteiger partial charge in [0.25, 0.3) is 0 Å². The van der Waals surface area contributed by atoms with Crippen molar-refractivity contribution in [3.63, 3.8) is 0 Å². The zero-order chi connectivity index (χ0) is 7.98. The van der Waals surface area contributed by atoms with Crippen LogP contribution in [0.3, 0.4) is 0 Å². The fourth-order valence-electron chi connectivity index (χ4n) is 0.643. The van der Waals surface area contributed by atoms with Gasteiger partial charge in [-0.1, -0.05) is 6.42 Å². The minimum Gasteiger partial charge on any atom is -0.198 e. The molecule has 0 bridgehead atoms. The number of nitrogens with zero attached hydrogens (tertiary/aromatic N) is 1. The summed E-state index contributed by atoms with van der Waals surface area (Å²) in [5.41, 5.74) is 0.